The fraction of sp³-hybridized carbons (Fsp3) is 0.538. The molecule has 0 radical (unpaired) electrons. The molecule has 0 aliphatic carbocycles. The van der Waals surface area contributed by atoms with Crippen molar-refractivity contribution >= 4 is 0 Å². The standard InChI is InChI=1S/C13H19NO/c15-13(10-12-7-4-8-14-12)9-11-5-2-1-3-6-11/h1-3,5-6,12-15H,4,7-10H2. The minimum atomic E-state index is -0.206. The van der Waals surface area contributed by atoms with Crippen LogP contribution < -0.4 is 5.32 Å². The first-order chi connectivity index (χ1) is 7.34. The van der Waals surface area contributed by atoms with Gasteiger partial charge in [-0.25, -0.2) is 0 Å². The van der Waals surface area contributed by atoms with E-state index in [1.54, 1.807) is 0 Å². The molecule has 1 heterocycles. The summed E-state index contributed by atoms with van der Waals surface area (Å²) in [4.78, 5) is 0. The van der Waals surface area contributed by atoms with Gasteiger partial charge in [-0.05, 0) is 37.8 Å². The highest BCUT2D eigenvalue weighted by Crippen LogP contribution is 2.13. The fourth-order valence-electron chi connectivity index (χ4n) is 2.26. The summed E-state index contributed by atoms with van der Waals surface area (Å²) < 4.78 is 0. The predicted octanol–water partition coefficient (Wildman–Crippen LogP) is 1.73. The van der Waals surface area contributed by atoms with E-state index < -0.39 is 0 Å². The third-order valence-electron chi connectivity index (χ3n) is 3.03. The number of aliphatic hydroxyl groups excluding tert-OH is 1. The van der Waals surface area contributed by atoms with Crippen LogP contribution in [0.25, 0.3) is 0 Å². The first kappa shape index (κ1) is 10.7. The van der Waals surface area contributed by atoms with E-state index in [0.717, 1.165) is 19.4 Å². The van der Waals surface area contributed by atoms with E-state index >= 15 is 0 Å². The van der Waals surface area contributed by atoms with Gasteiger partial charge in [-0.1, -0.05) is 30.3 Å². The van der Waals surface area contributed by atoms with E-state index in [-0.39, 0.29) is 6.10 Å². The number of aliphatic hydroxyl groups is 1. The van der Waals surface area contributed by atoms with Crippen LogP contribution in [0.3, 0.4) is 0 Å². The topological polar surface area (TPSA) is 32.3 Å². The van der Waals surface area contributed by atoms with Gasteiger partial charge in [0.25, 0.3) is 0 Å². The summed E-state index contributed by atoms with van der Waals surface area (Å²) in [6.45, 7) is 1.11. The van der Waals surface area contributed by atoms with Gasteiger partial charge >= 0.3 is 0 Å². The summed E-state index contributed by atoms with van der Waals surface area (Å²) >= 11 is 0. The molecule has 0 amide bonds. The first-order valence-electron chi connectivity index (χ1n) is 5.80. The van der Waals surface area contributed by atoms with E-state index in [1.807, 2.05) is 18.2 Å². The molecular weight excluding hydrogens is 186 g/mol. The summed E-state index contributed by atoms with van der Waals surface area (Å²) in [7, 11) is 0. The average molecular weight is 205 g/mol. The van der Waals surface area contributed by atoms with Crippen molar-refractivity contribution in [2.24, 2.45) is 0 Å². The Morgan fingerprint density at radius 2 is 2.13 bits per heavy atom. The molecule has 2 nitrogen and oxygen atoms in total. The van der Waals surface area contributed by atoms with Gasteiger partial charge in [0.2, 0.25) is 0 Å². The van der Waals surface area contributed by atoms with Gasteiger partial charge in [0.05, 0.1) is 6.10 Å². The minimum Gasteiger partial charge on any atom is -0.393 e. The number of benzene rings is 1. The second-order valence-electron chi connectivity index (χ2n) is 4.37. The van der Waals surface area contributed by atoms with Gasteiger partial charge in [-0.2, -0.15) is 0 Å². The van der Waals surface area contributed by atoms with Crippen LogP contribution in [0, 0.1) is 0 Å². The second kappa shape index (κ2) is 5.29. The lowest BCUT2D eigenvalue weighted by Crippen LogP contribution is -2.27. The van der Waals surface area contributed by atoms with Crippen LogP contribution in [-0.4, -0.2) is 23.8 Å². The van der Waals surface area contributed by atoms with Crippen LogP contribution >= 0.6 is 0 Å². The highest BCUT2D eigenvalue weighted by molar-refractivity contribution is 5.15. The van der Waals surface area contributed by atoms with E-state index in [1.165, 1.54) is 18.4 Å². The molecule has 2 heteroatoms. The smallest absolute Gasteiger partial charge is 0.0595 e. The SMILES string of the molecule is OC(Cc1ccccc1)CC1CCCN1. The highest BCUT2D eigenvalue weighted by Gasteiger charge is 2.17. The normalized spacial score (nSPS) is 22.9. The predicted molar refractivity (Wildman–Crippen MR) is 61.8 cm³/mol. The number of rotatable bonds is 4. The highest BCUT2D eigenvalue weighted by atomic mass is 16.3. The molecule has 2 rings (SSSR count). The maximum absolute atomic E-state index is 9.92. The Kier molecular flexibility index (Phi) is 3.75. The van der Waals surface area contributed by atoms with E-state index in [9.17, 15) is 5.11 Å². The molecule has 1 aliphatic heterocycles. The molecule has 2 unspecified atom stereocenters. The summed E-state index contributed by atoms with van der Waals surface area (Å²) in [5.41, 5.74) is 1.22. The van der Waals surface area contributed by atoms with Crippen molar-refractivity contribution in [3.8, 4) is 0 Å². The molecule has 0 spiro atoms. The van der Waals surface area contributed by atoms with Crippen LogP contribution in [0.15, 0.2) is 30.3 Å². The van der Waals surface area contributed by atoms with Crippen molar-refractivity contribution in [1.29, 1.82) is 0 Å². The summed E-state index contributed by atoms with van der Waals surface area (Å²) in [5, 5.41) is 13.3. The van der Waals surface area contributed by atoms with Crippen LogP contribution in [-0.2, 0) is 6.42 Å². The van der Waals surface area contributed by atoms with Crippen LogP contribution in [0.5, 0.6) is 0 Å². The zero-order valence-corrected chi connectivity index (χ0v) is 9.02. The Balaban J connectivity index is 1.79. The van der Waals surface area contributed by atoms with Gasteiger partial charge in [0.1, 0.15) is 0 Å². The van der Waals surface area contributed by atoms with Crippen molar-refractivity contribution in [1.82, 2.24) is 5.32 Å². The molecule has 1 aliphatic rings. The van der Waals surface area contributed by atoms with Crippen molar-refractivity contribution < 1.29 is 5.11 Å². The third kappa shape index (κ3) is 3.33. The zero-order chi connectivity index (χ0) is 10.5. The minimum absolute atomic E-state index is 0.206. The Morgan fingerprint density at radius 1 is 1.33 bits per heavy atom. The molecule has 0 saturated carbocycles. The van der Waals surface area contributed by atoms with Crippen LogP contribution in [0.4, 0.5) is 0 Å². The first-order valence-corrected chi connectivity index (χ1v) is 5.80. The Hall–Kier alpha value is -0.860. The maximum atomic E-state index is 9.92. The van der Waals surface area contributed by atoms with Crippen molar-refractivity contribution in [3.05, 3.63) is 35.9 Å². The molecule has 2 atom stereocenters. The fourth-order valence-corrected chi connectivity index (χ4v) is 2.26. The molecule has 1 aromatic carbocycles. The lowest BCUT2D eigenvalue weighted by molar-refractivity contribution is 0.152. The molecule has 1 aromatic rings. The van der Waals surface area contributed by atoms with E-state index in [2.05, 4.69) is 17.4 Å². The van der Waals surface area contributed by atoms with Gasteiger partial charge in [-0.15, -0.1) is 0 Å². The number of hydrogen-bond acceptors (Lipinski definition) is 2. The van der Waals surface area contributed by atoms with Gasteiger partial charge in [0, 0.05) is 6.04 Å². The van der Waals surface area contributed by atoms with Gasteiger partial charge in [-0.3, -0.25) is 0 Å². The molecule has 1 fully saturated rings. The second-order valence-corrected chi connectivity index (χ2v) is 4.37. The van der Waals surface area contributed by atoms with E-state index in [4.69, 9.17) is 0 Å². The quantitative estimate of drug-likeness (QED) is 0.784. The molecule has 2 N–H and O–H groups in total. The van der Waals surface area contributed by atoms with Gasteiger partial charge in [0.15, 0.2) is 0 Å². The van der Waals surface area contributed by atoms with Crippen molar-refractivity contribution in [2.45, 2.75) is 37.8 Å². The largest absolute Gasteiger partial charge is 0.393 e. The Labute approximate surface area is 91.3 Å². The lowest BCUT2D eigenvalue weighted by atomic mass is 10.0. The number of hydrogen-bond donors (Lipinski definition) is 2. The maximum Gasteiger partial charge on any atom is 0.0595 e. The van der Waals surface area contributed by atoms with Gasteiger partial charge < -0.3 is 10.4 Å². The van der Waals surface area contributed by atoms with E-state index in [0.29, 0.717) is 6.04 Å². The van der Waals surface area contributed by atoms with Crippen molar-refractivity contribution in [3.63, 3.8) is 0 Å². The molecule has 15 heavy (non-hydrogen) atoms. The third-order valence-corrected chi connectivity index (χ3v) is 3.03. The van der Waals surface area contributed by atoms with Crippen molar-refractivity contribution in [2.75, 3.05) is 6.54 Å². The Morgan fingerprint density at radius 3 is 2.80 bits per heavy atom. The van der Waals surface area contributed by atoms with Crippen LogP contribution in [0.1, 0.15) is 24.8 Å². The summed E-state index contributed by atoms with van der Waals surface area (Å²) in [6.07, 6.45) is 3.92. The molecule has 0 aromatic heterocycles. The number of nitrogens with one attached hydrogen (secondary N) is 1. The monoisotopic (exact) mass is 205 g/mol. The average Bonchev–Trinajstić information content (AvgIpc) is 2.71. The molecule has 82 valence electrons. The molecular formula is C13H19NO. The lowest BCUT2D eigenvalue weighted by Gasteiger charge is -2.15. The molecule has 0 bridgehead atoms. The molecule has 1 saturated heterocycles. The Bertz CT molecular complexity index is 280. The zero-order valence-electron chi connectivity index (χ0n) is 9.02. The van der Waals surface area contributed by atoms with Crippen LogP contribution in [0.2, 0.25) is 0 Å². The summed E-state index contributed by atoms with van der Waals surface area (Å²) in [5.74, 6) is 0. The summed E-state index contributed by atoms with van der Waals surface area (Å²) in [6, 6.07) is 10.7.